The lowest BCUT2D eigenvalue weighted by Crippen LogP contribution is -2.27. The van der Waals surface area contributed by atoms with Gasteiger partial charge in [0.25, 0.3) is 0 Å². The molecule has 5 nitrogen and oxygen atoms in total. The standard InChI is InChI=1S/C11H11BrCl2N2O3S/c12-7-2-8(13)11(9(14)3-7)16-4-6(1-10(16)17)5-20(15,18)19/h2-3,6H,1,4-5H2,(H2,15,18,19). The van der Waals surface area contributed by atoms with Crippen LogP contribution >= 0.6 is 39.1 Å². The number of primary sulfonamides is 1. The number of halogens is 3. The SMILES string of the molecule is NS(=O)(=O)CC1CC(=O)N(c2c(Cl)cc(Br)cc2Cl)C1. The van der Waals surface area contributed by atoms with Gasteiger partial charge in [-0.1, -0.05) is 39.1 Å². The van der Waals surface area contributed by atoms with E-state index in [9.17, 15) is 13.2 Å². The molecular formula is C11H11BrCl2N2O3S. The van der Waals surface area contributed by atoms with Crippen LogP contribution in [0.1, 0.15) is 6.42 Å². The molecule has 2 N–H and O–H groups in total. The van der Waals surface area contributed by atoms with Crippen molar-refractivity contribution in [3.63, 3.8) is 0 Å². The zero-order valence-corrected chi connectivity index (χ0v) is 14.1. The van der Waals surface area contributed by atoms with E-state index < -0.39 is 10.0 Å². The van der Waals surface area contributed by atoms with Crippen LogP contribution in [0.15, 0.2) is 16.6 Å². The quantitative estimate of drug-likeness (QED) is 0.844. The Balaban J connectivity index is 2.29. The molecule has 1 fully saturated rings. The molecule has 0 aliphatic carbocycles. The van der Waals surface area contributed by atoms with Crippen LogP contribution in [0.5, 0.6) is 0 Å². The highest BCUT2D eigenvalue weighted by molar-refractivity contribution is 9.10. The number of benzene rings is 1. The van der Waals surface area contributed by atoms with Gasteiger partial charge in [0.2, 0.25) is 15.9 Å². The number of nitrogens with zero attached hydrogens (tertiary/aromatic N) is 1. The second-order valence-corrected chi connectivity index (χ2v) is 8.01. The van der Waals surface area contributed by atoms with Crippen molar-refractivity contribution in [2.45, 2.75) is 6.42 Å². The Labute approximate surface area is 135 Å². The molecule has 1 aliphatic rings. The summed E-state index contributed by atoms with van der Waals surface area (Å²) in [7, 11) is -3.62. The molecule has 0 aromatic heterocycles. The molecule has 2 rings (SSSR count). The normalized spacial score (nSPS) is 19.7. The van der Waals surface area contributed by atoms with Gasteiger partial charge in [-0.05, 0) is 12.1 Å². The third kappa shape index (κ3) is 3.65. The minimum absolute atomic E-state index is 0.110. The molecule has 0 spiro atoms. The molecular weight excluding hydrogens is 391 g/mol. The summed E-state index contributed by atoms with van der Waals surface area (Å²) in [5.74, 6) is -0.806. The first-order valence-electron chi connectivity index (χ1n) is 5.63. The fourth-order valence-corrected chi connectivity index (χ4v) is 4.52. The number of rotatable bonds is 3. The van der Waals surface area contributed by atoms with E-state index >= 15 is 0 Å². The Morgan fingerprint density at radius 3 is 2.40 bits per heavy atom. The van der Waals surface area contributed by atoms with E-state index in [0.29, 0.717) is 20.2 Å². The molecule has 1 atom stereocenters. The smallest absolute Gasteiger partial charge is 0.227 e. The maximum absolute atomic E-state index is 12.0. The Kier molecular flexibility index (Phi) is 4.66. The molecule has 1 aliphatic heterocycles. The first-order chi connectivity index (χ1) is 9.17. The van der Waals surface area contributed by atoms with Crippen LogP contribution in [0.3, 0.4) is 0 Å². The lowest BCUT2D eigenvalue weighted by Gasteiger charge is -2.20. The Morgan fingerprint density at radius 2 is 1.90 bits per heavy atom. The van der Waals surface area contributed by atoms with Crippen LogP contribution in [-0.2, 0) is 14.8 Å². The van der Waals surface area contributed by atoms with Gasteiger partial charge in [0, 0.05) is 23.4 Å². The lowest BCUT2D eigenvalue weighted by molar-refractivity contribution is -0.117. The third-order valence-corrected chi connectivity index (χ3v) is 4.89. The van der Waals surface area contributed by atoms with E-state index in [1.165, 1.54) is 4.90 Å². The number of carbonyl (C=O) groups is 1. The summed E-state index contributed by atoms with van der Waals surface area (Å²) in [5, 5.41) is 5.66. The summed E-state index contributed by atoms with van der Waals surface area (Å²) < 4.78 is 22.9. The van der Waals surface area contributed by atoms with E-state index in [0.717, 1.165) is 0 Å². The molecule has 20 heavy (non-hydrogen) atoms. The number of anilines is 1. The summed E-state index contributed by atoms with van der Waals surface area (Å²) >= 11 is 15.5. The zero-order chi connectivity index (χ0) is 15.1. The van der Waals surface area contributed by atoms with Gasteiger partial charge in [0.15, 0.2) is 0 Å². The summed E-state index contributed by atoms with van der Waals surface area (Å²) in [6.07, 6.45) is 0.110. The zero-order valence-electron chi connectivity index (χ0n) is 10.1. The van der Waals surface area contributed by atoms with E-state index in [4.69, 9.17) is 28.3 Å². The van der Waals surface area contributed by atoms with Crippen LogP contribution in [-0.4, -0.2) is 26.6 Å². The Hall–Kier alpha value is -0.340. The average molecular weight is 402 g/mol. The average Bonchev–Trinajstić information content (AvgIpc) is 2.55. The minimum Gasteiger partial charge on any atom is -0.309 e. The van der Waals surface area contributed by atoms with E-state index in [-0.39, 0.29) is 30.5 Å². The van der Waals surface area contributed by atoms with E-state index in [1.54, 1.807) is 12.1 Å². The molecule has 9 heteroatoms. The predicted octanol–water partition coefficient (Wildman–Crippen LogP) is 2.40. The van der Waals surface area contributed by atoms with Gasteiger partial charge in [-0.25, -0.2) is 13.6 Å². The predicted molar refractivity (Wildman–Crippen MR) is 82.6 cm³/mol. The number of hydrogen-bond donors (Lipinski definition) is 1. The van der Waals surface area contributed by atoms with Crippen molar-refractivity contribution in [3.8, 4) is 0 Å². The summed E-state index contributed by atoms with van der Waals surface area (Å²) in [6.45, 7) is 0.232. The van der Waals surface area contributed by atoms with Crippen LogP contribution in [0.2, 0.25) is 10.0 Å². The molecule has 1 aromatic rings. The van der Waals surface area contributed by atoms with Gasteiger partial charge in [-0.15, -0.1) is 0 Å². The number of amides is 1. The van der Waals surface area contributed by atoms with Crippen LogP contribution < -0.4 is 10.0 Å². The second kappa shape index (κ2) is 5.81. The van der Waals surface area contributed by atoms with Crippen LogP contribution in [0, 0.1) is 5.92 Å². The molecule has 0 radical (unpaired) electrons. The summed E-state index contributed by atoms with van der Waals surface area (Å²) in [4.78, 5) is 13.4. The number of hydrogen-bond acceptors (Lipinski definition) is 3. The Morgan fingerprint density at radius 1 is 1.35 bits per heavy atom. The first-order valence-corrected chi connectivity index (χ1v) is 8.89. The van der Waals surface area contributed by atoms with Gasteiger partial charge in [0.1, 0.15) is 0 Å². The van der Waals surface area contributed by atoms with Crippen LogP contribution in [0.25, 0.3) is 0 Å². The molecule has 1 heterocycles. The fraction of sp³-hybridized carbons (Fsp3) is 0.364. The van der Waals surface area contributed by atoms with Crippen molar-refractivity contribution < 1.29 is 13.2 Å². The van der Waals surface area contributed by atoms with Gasteiger partial charge in [-0.2, -0.15) is 0 Å². The lowest BCUT2D eigenvalue weighted by atomic mass is 10.1. The van der Waals surface area contributed by atoms with Crippen molar-refractivity contribution in [2.75, 3.05) is 17.2 Å². The molecule has 1 saturated heterocycles. The van der Waals surface area contributed by atoms with Crippen molar-refractivity contribution >= 4 is 60.7 Å². The highest BCUT2D eigenvalue weighted by atomic mass is 79.9. The Bertz CT molecular complexity index is 643. The third-order valence-electron chi connectivity index (χ3n) is 2.92. The number of sulfonamides is 1. The minimum atomic E-state index is -3.62. The topological polar surface area (TPSA) is 80.5 Å². The highest BCUT2D eigenvalue weighted by Gasteiger charge is 2.34. The fourth-order valence-electron chi connectivity index (χ4n) is 2.23. The largest absolute Gasteiger partial charge is 0.309 e. The first kappa shape index (κ1) is 16.0. The highest BCUT2D eigenvalue weighted by Crippen LogP contribution is 2.39. The van der Waals surface area contributed by atoms with Crippen molar-refractivity contribution in [2.24, 2.45) is 11.1 Å². The maximum atomic E-state index is 12.0. The summed E-state index contributed by atoms with van der Waals surface area (Å²) in [6, 6.07) is 3.26. The molecule has 1 unspecified atom stereocenters. The van der Waals surface area contributed by atoms with Gasteiger partial charge >= 0.3 is 0 Å². The van der Waals surface area contributed by atoms with Crippen molar-refractivity contribution in [1.29, 1.82) is 0 Å². The molecule has 0 saturated carbocycles. The van der Waals surface area contributed by atoms with Gasteiger partial charge in [-0.3, -0.25) is 4.79 Å². The maximum Gasteiger partial charge on any atom is 0.227 e. The van der Waals surface area contributed by atoms with Gasteiger partial charge in [0.05, 0.1) is 21.5 Å². The monoisotopic (exact) mass is 400 g/mol. The van der Waals surface area contributed by atoms with Crippen molar-refractivity contribution in [1.82, 2.24) is 0 Å². The molecule has 110 valence electrons. The number of nitrogens with two attached hydrogens (primary N) is 1. The number of carbonyl (C=O) groups excluding carboxylic acids is 1. The molecule has 1 aromatic carbocycles. The molecule has 0 bridgehead atoms. The van der Waals surface area contributed by atoms with E-state index in [2.05, 4.69) is 15.9 Å². The summed E-state index contributed by atoms with van der Waals surface area (Å²) in [5.41, 5.74) is 0.401. The molecule has 1 amide bonds. The van der Waals surface area contributed by atoms with Crippen LogP contribution in [0.4, 0.5) is 5.69 Å². The second-order valence-electron chi connectivity index (χ2n) is 4.62. The van der Waals surface area contributed by atoms with Crippen molar-refractivity contribution in [3.05, 3.63) is 26.7 Å². The van der Waals surface area contributed by atoms with E-state index in [1.807, 2.05) is 0 Å². The van der Waals surface area contributed by atoms with Gasteiger partial charge < -0.3 is 4.90 Å².